The standard InChI is InChI=1S/C15H15BrN2O3/c1-9(6-14(19)20)17-15(21)18-13-5-3-10-7-12(16)4-2-11(10)8-13/h2-5,7-9H,6H2,1H3,(H,19,20)(H2,17,18,21). The molecule has 6 heteroatoms. The van der Waals surface area contributed by atoms with Crippen molar-refractivity contribution < 1.29 is 14.7 Å². The molecule has 5 nitrogen and oxygen atoms in total. The molecule has 110 valence electrons. The molecule has 2 amide bonds. The Hall–Kier alpha value is -2.08. The molecular formula is C15H15BrN2O3. The van der Waals surface area contributed by atoms with Gasteiger partial charge in [0.1, 0.15) is 0 Å². The van der Waals surface area contributed by atoms with Crippen LogP contribution in [0.25, 0.3) is 10.8 Å². The van der Waals surface area contributed by atoms with E-state index in [1.807, 2.05) is 30.3 Å². The van der Waals surface area contributed by atoms with Gasteiger partial charge in [0.25, 0.3) is 0 Å². The number of hydrogen-bond acceptors (Lipinski definition) is 2. The lowest BCUT2D eigenvalue weighted by Crippen LogP contribution is -2.37. The number of hydrogen-bond donors (Lipinski definition) is 3. The minimum Gasteiger partial charge on any atom is -0.481 e. The van der Waals surface area contributed by atoms with Crippen molar-refractivity contribution in [1.82, 2.24) is 5.32 Å². The van der Waals surface area contributed by atoms with E-state index in [0.29, 0.717) is 5.69 Å². The van der Waals surface area contributed by atoms with Gasteiger partial charge in [0.15, 0.2) is 0 Å². The van der Waals surface area contributed by atoms with Gasteiger partial charge in [-0.2, -0.15) is 0 Å². The molecule has 2 aromatic rings. The van der Waals surface area contributed by atoms with Gasteiger partial charge in [0, 0.05) is 16.2 Å². The monoisotopic (exact) mass is 350 g/mol. The number of carboxylic acids is 1. The van der Waals surface area contributed by atoms with Crippen LogP contribution in [0.4, 0.5) is 10.5 Å². The average Bonchev–Trinajstić information content (AvgIpc) is 2.37. The third-order valence-electron chi connectivity index (χ3n) is 2.92. The summed E-state index contributed by atoms with van der Waals surface area (Å²) < 4.78 is 0.996. The number of halogens is 1. The van der Waals surface area contributed by atoms with Crippen LogP contribution < -0.4 is 10.6 Å². The Balaban J connectivity index is 2.04. The number of carbonyl (C=O) groups is 2. The van der Waals surface area contributed by atoms with Gasteiger partial charge in [0.05, 0.1) is 6.42 Å². The Labute approximate surface area is 130 Å². The van der Waals surface area contributed by atoms with Crippen molar-refractivity contribution in [3.63, 3.8) is 0 Å². The number of rotatable bonds is 4. The van der Waals surface area contributed by atoms with Crippen LogP contribution in [0.3, 0.4) is 0 Å². The summed E-state index contributed by atoms with van der Waals surface area (Å²) >= 11 is 3.41. The number of benzene rings is 2. The van der Waals surface area contributed by atoms with Crippen molar-refractivity contribution in [2.45, 2.75) is 19.4 Å². The highest BCUT2D eigenvalue weighted by atomic mass is 79.9. The molecule has 0 aliphatic carbocycles. The highest BCUT2D eigenvalue weighted by Crippen LogP contribution is 2.22. The first-order chi connectivity index (χ1) is 9.94. The van der Waals surface area contributed by atoms with Crippen LogP contribution in [-0.4, -0.2) is 23.1 Å². The van der Waals surface area contributed by atoms with Gasteiger partial charge >= 0.3 is 12.0 Å². The Morgan fingerprint density at radius 2 is 1.86 bits per heavy atom. The van der Waals surface area contributed by atoms with Crippen LogP contribution in [0.2, 0.25) is 0 Å². The number of carbonyl (C=O) groups excluding carboxylic acids is 1. The predicted octanol–water partition coefficient (Wildman–Crippen LogP) is 3.59. The van der Waals surface area contributed by atoms with Crippen molar-refractivity contribution in [2.24, 2.45) is 0 Å². The van der Waals surface area contributed by atoms with Crippen LogP contribution in [0, 0.1) is 0 Å². The number of fused-ring (bicyclic) bond motifs is 1. The summed E-state index contributed by atoms with van der Waals surface area (Å²) in [6, 6.07) is 10.6. The maximum atomic E-state index is 11.8. The van der Waals surface area contributed by atoms with Gasteiger partial charge in [-0.05, 0) is 42.0 Å². The number of urea groups is 1. The molecule has 0 bridgehead atoms. The largest absolute Gasteiger partial charge is 0.481 e. The molecule has 0 saturated heterocycles. The maximum absolute atomic E-state index is 11.8. The van der Waals surface area contributed by atoms with E-state index < -0.39 is 18.0 Å². The van der Waals surface area contributed by atoms with Crippen LogP contribution in [0.5, 0.6) is 0 Å². The van der Waals surface area contributed by atoms with E-state index in [4.69, 9.17) is 5.11 Å². The fourth-order valence-corrected chi connectivity index (χ4v) is 2.38. The first kappa shape index (κ1) is 15.3. The molecule has 1 unspecified atom stereocenters. The van der Waals surface area contributed by atoms with Crippen molar-refractivity contribution in [3.05, 3.63) is 40.9 Å². The third kappa shape index (κ3) is 4.46. The second kappa shape index (κ2) is 6.58. The predicted molar refractivity (Wildman–Crippen MR) is 85.5 cm³/mol. The molecule has 2 aromatic carbocycles. The lowest BCUT2D eigenvalue weighted by atomic mass is 10.1. The number of aliphatic carboxylic acids is 1. The summed E-state index contributed by atoms with van der Waals surface area (Å²) in [5.74, 6) is -0.945. The van der Waals surface area contributed by atoms with Crippen molar-refractivity contribution >= 4 is 44.4 Å². The Morgan fingerprint density at radius 3 is 2.57 bits per heavy atom. The molecule has 0 spiro atoms. The van der Waals surface area contributed by atoms with E-state index in [0.717, 1.165) is 15.2 Å². The molecule has 0 fully saturated rings. The molecule has 21 heavy (non-hydrogen) atoms. The minimum absolute atomic E-state index is 0.112. The molecule has 1 atom stereocenters. The number of anilines is 1. The van der Waals surface area contributed by atoms with Crippen LogP contribution in [0.15, 0.2) is 40.9 Å². The quantitative estimate of drug-likeness (QED) is 0.788. The number of carboxylic acid groups (broad SMARTS) is 1. The smallest absolute Gasteiger partial charge is 0.319 e. The van der Waals surface area contributed by atoms with Gasteiger partial charge in [-0.3, -0.25) is 4.79 Å². The topological polar surface area (TPSA) is 78.4 Å². The first-order valence-corrected chi connectivity index (χ1v) is 7.22. The van der Waals surface area contributed by atoms with Gasteiger partial charge in [-0.15, -0.1) is 0 Å². The van der Waals surface area contributed by atoms with Gasteiger partial charge in [-0.25, -0.2) is 4.79 Å². The second-order valence-corrected chi connectivity index (χ2v) is 5.72. The molecule has 2 rings (SSSR count). The van der Waals surface area contributed by atoms with E-state index in [1.54, 1.807) is 13.0 Å². The molecule has 3 N–H and O–H groups in total. The van der Waals surface area contributed by atoms with E-state index in [2.05, 4.69) is 26.6 Å². The van der Waals surface area contributed by atoms with Crippen molar-refractivity contribution in [3.8, 4) is 0 Å². The molecular weight excluding hydrogens is 336 g/mol. The van der Waals surface area contributed by atoms with E-state index >= 15 is 0 Å². The zero-order chi connectivity index (χ0) is 15.4. The maximum Gasteiger partial charge on any atom is 0.319 e. The summed E-state index contributed by atoms with van der Waals surface area (Å²) in [5.41, 5.74) is 0.657. The molecule has 0 aromatic heterocycles. The lowest BCUT2D eigenvalue weighted by Gasteiger charge is -2.13. The van der Waals surface area contributed by atoms with Gasteiger partial charge in [-0.1, -0.05) is 28.1 Å². The zero-order valence-electron chi connectivity index (χ0n) is 11.4. The molecule has 0 aliphatic heterocycles. The van der Waals surface area contributed by atoms with E-state index in [1.165, 1.54) is 0 Å². The highest BCUT2D eigenvalue weighted by Gasteiger charge is 2.11. The third-order valence-corrected chi connectivity index (χ3v) is 3.41. The summed E-state index contributed by atoms with van der Waals surface area (Å²) in [6.07, 6.45) is -0.112. The van der Waals surface area contributed by atoms with Crippen LogP contribution >= 0.6 is 15.9 Å². The Kier molecular flexibility index (Phi) is 4.80. The van der Waals surface area contributed by atoms with Crippen LogP contribution in [0.1, 0.15) is 13.3 Å². The molecule has 0 radical (unpaired) electrons. The summed E-state index contributed by atoms with van der Waals surface area (Å²) in [7, 11) is 0. The Morgan fingerprint density at radius 1 is 1.19 bits per heavy atom. The number of amides is 2. The van der Waals surface area contributed by atoms with E-state index in [9.17, 15) is 9.59 Å². The fourth-order valence-electron chi connectivity index (χ4n) is 2.00. The summed E-state index contributed by atoms with van der Waals surface area (Å²) in [4.78, 5) is 22.3. The van der Waals surface area contributed by atoms with Crippen molar-refractivity contribution in [2.75, 3.05) is 5.32 Å². The van der Waals surface area contributed by atoms with Gasteiger partial charge in [0.2, 0.25) is 0 Å². The molecule has 0 saturated carbocycles. The minimum atomic E-state index is -0.945. The summed E-state index contributed by atoms with van der Waals surface area (Å²) in [5, 5.41) is 16.0. The number of nitrogens with one attached hydrogen (secondary N) is 2. The van der Waals surface area contributed by atoms with Crippen molar-refractivity contribution in [1.29, 1.82) is 0 Å². The zero-order valence-corrected chi connectivity index (χ0v) is 13.0. The SMILES string of the molecule is CC(CC(=O)O)NC(=O)Nc1ccc2cc(Br)ccc2c1. The Bertz CT molecular complexity index is 688. The normalized spacial score (nSPS) is 11.9. The first-order valence-electron chi connectivity index (χ1n) is 6.42. The molecule has 0 aliphatic rings. The highest BCUT2D eigenvalue weighted by molar-refractivity contribution is 9.10. The second-order valence-electron chi connectivity index (χ2n) is 4.80. The van der Waals surface area contributed by atoms with Crippen LogP contribution in [-0.2, 0) is 4.79 Å². The molecule has 0 heterocycles. The fraction of sp³-hybridized carbons (Fsp3) is 0.200. The van der Waals surface area contributed by atoms with Gasteiger partial charge < -0.3 is 15.7 Å². The lowest BCUT2D eigenvalue weighted by molar-refractivity contribution is -0.137. The average molecular weight is 351 g/mol. The van der Waals surface area contributed by atoms with E-state index in [-0.39, 0.29) is 6.42 Å². The summed E-state index contributed by atoms with van der Waals surface area (Å²) in [6.45, 7) is 1.64.